The van der Waals surface area contributed by atoms with Gasteiger partial charge in [0.2, 0.25) is 0 Å². The van der Waals surface area contributed by atoms with Crippen LogP contribution >= 0.6 is 0 Å². The lowest BCUT2D eigenvalue weighted by molar-refractivity contribution is 0.0693. The Morgan fingerprint density at radius 3 is 2.80 bits per heavy atom. The van der Waals surface area contributed by atoms with Crippen LogP contribution in [0.1, 0.15) is 16.2 Å². The van der Waals surface area contributed by atoms with Crippen LogP contribution in [0, 0.1) is 0 Å². The minimum Gasteiger partial charge on any atom is -0.507 e. The van der Waals surface area contributed by atoms with E-state index in [4.69, 9.17) is 5.11 Å². The normalized spacial score (nSPS) is 10.0. The number of rotatable bonds is 4. The molecular formula is C11H11N5O4. The number of phenols is 1. The van der Waals surface area contributed by atoms with Crippen LogP contribution in [-0.2, 0) is 6.54 Å². The van der Waals surface area contributed by atoms with Crippen LogP contribution in [0.4, 0.5) is 10.5 Å². The Morgan fingerprint density at radius 2 is 2.15 bits per heavy atom. The molecule has 0 aliphatic carbocycles. The quantitative estimate of drug-likeness (QED) is 0.516. The van der Waals surface area contributed by atoms with Gasteiger partial charge < -0.3 is 20.8 Å². The highest BCUT2D eigenvalue weighted by molar-refractivity contribution is 5.95. The van der Waals surface area contributed by atoms with E-state index in [0.29, 0.717) is 5.82 Å². The van der Waals surface area contributed by atoms with Gasteiger partial charge in [0, 0.05) is 5.69 Å². The van der Waals surface area contributed by atoms with Crippen molar-refractivity contribution in [3.05, 3.63) is 35.9 Å². The van der Waals surface area contributed by atoms with Crippen molar-refractivity contribution in [2.24, 2.45) is 0 Å². The second-order valence-electron chi connectivity index (χ2n) is 3.78. The number of urea groups is 1. The molecule has 9 heteroatoms. The van der Waals surface area contributed by atoms with Gasteiger partial charge in [0.25, 0.3) is 0 Å². The summed E-state index contributed by atoms with van der Waals surface area (Å²) in [4.78, 5) is 26.2. The lowest BCUT2D eigenvalue weighted by atomic mass is 10.2. The smallest absolute Gasteiger partial charge is 0.339 e. The Labute approximate surface area is 112 Å². The molecule has 0 unspecified atom stereocenters. The Hall–Kier alpha value is -3.10. The second-order valence-corrected chi connectivity index (χ2v) is 3.78. The van der Waals surface area contributed by atoms with Crippen molar-refractivity contribution in [3.63, 3.8) is 0 Å². The fraction of sp³-hybridized carbons (Fsp3) is 0.0909. The first-order valence-corrected chi connectivity index (χ1v) is 5.51. The average Bonchev–Trinajstić information content (AvgIpc) is 2.91. The summed E-state index contributed by atoms with van der Waals surface area (Å²) >= 11 is 0. The van der Waals surface area contributed by atoms with E-state index in [1.54, 1.807) is 0 Å². The molecule has 2 aromatic rings. The summed E-state index contributed by atoms with van der Waals surface area (Å²) in [6, 6.07) is 3.19. The Kier molecular flexibility index (Phi) is 3.80. The molecule has 2 rings (SSSR count). The third-order valence-electron chi connectivity index (χ3n) is 2.37. The number of aromatic hydroxyl groups is 1. The number of anilines is 1. The summed E-state index contributed by atoms with van der Waals surface area (Å²) in [5, 5.41) is 29.3. The van der Waals surface area contributed by atoms with Gasteiger partial charge in [-0.2, -0.15) is 5.10 Å². The number of carbonyl (C=O) groups excluding carboxylic acids is 1. The zero-order valence-corrected chi connectivity index (χ0v) is 10.1. The molecule has 0 saturated heterocycles. The van der Waals surface area contributed by atoms with E-state index >= 15 is 0 Å². The predicted octanol–water partition coefficient (Wildman–Crippen LogP) is 0.530. The van der Waals surface area contributed by atoms with E-state index < -0.39 is 12.0 Å². The number of amides is 2. The number of hydrogen-bond donors (Lipinski definition) is 5. The molecule has 0 aliphatic heterocycles. The molecule has 0 saturated carbocycles. The molecule has 0 aliphatic rings. The first-order chi connectivity index (χ1) is 9.56. The molecule has 0 fully saturated rings. The van der Waals surface area contributed by atoms with E-state index in [-0.39, 0.29) is 23.5 Å². The second kappa shape index (κ2) is 5.69. The molecule has 1 aromatic carbocycles. The number of benzene rings is 1. The van der Waals surface area contributed by atoms with Crippen LogP contribution in [0.3, 0.4) is 0 Å². The highest BCUT2D eigenvalue weighted by Crippen LogP contribution is 2.21. The molecule has 20 heavy (non-hydrogen) atoms. The molecule has 0 spiro atoms. The van der Waals surface area contributed by atoms with Crippen LogP contribution < -0.4 is 10.6 Å². The lowest BCUT2D eigenvalue weighted by Crippen LogP contribution is -2.28. The summed E-state index contributed by atoms with van der Waals surface area (Å²) in [5.74, 6) is -1.17. The fourth-order valence-corrected chi connectivity index (χ4v) is 1.44. The standard InChI is InChI=1S/C11H11N5O4/c17-8-2-1-6(3-7(8)10(18)19)15-11(20)12-4-9-13-5-14-16-9/h1-3,5,17H,4H2,(H,18,19)(H2,12,15,20)(H,13,14,16). The Morgan fingerprint density at radius 1 is 1.35 bits per heavy atom. The average molecular weight is 277 g/mol. The first-order valence-electron chi connectivity index (χ1n) is 5.51. The van der Waals surface area contributed by atoms with Crippen molar-refractivity contribution in [2.75, 3.05) is 5.32 Å². The number of aromatic amines is 1. The maximum absolute atomic E-state index is 11.6. The number of aromatic nitrogens is 3. The van der Waals surface area contributed by atoms with Gasteiger partial charge in [-0.25, -0.2) is 14.6 Å². The first kappa shape index (κ1) is 13.3. The van der Waals surface area contributed by atoms with Crippen molar-refractivity contribution in [3.8, 4) is 5.75 Å². The molecular weight excluding hydrogens is 266 g/mol. The zero-order chi connectivity index (χ0) is 14.5. The third-order valence-corrected chi connectivity index (χ3v) is 2.37. The Balaban J connectivity index is 1.97. The van der Waals surface area contributed by atoms with Gasteiger partial charge in [-0.05, 0) is 18.2 Å². The number of nitrogens with zero attached hydrogens (tertiary/aromatic N) is 2. The monoisotopic (exact) mass is 277 g/mol. The van der Waals surface area contributed by atoms with Crippen molar-refractivity contribution in [1.29, 1.82) is 0 Å². The number of hydrogen-bond acceptors (Lipinski definition) is 5. The molecule has 1 aromatic heterocycles. The van der Waals surface area contributed by atoms with Crippen LogP contribution in [0.25, 0.3) is 0 Å². The third kappa shape index (κ3) is 3.22. The summed E-state index contributed by atoms with van der Waals surface area (Å²) in [5.41, 5.74) is -0.0479. The van der Waals surface area contributed by atoms with Gasteiger partial charge in [0.15, 0.2) is 0 Å². The van der Waals surface area contributed by atoms with Crippen molar-refractivity contribution in [2.45, 2.75) is 6.54 Å². The summed E-state index contributed by atoms with van der Waals surface area (Å²) in [7, 11) is 0. The number of carbonyl (C=O) groups is 2. The molecule has 104 valence electrons. The molecule has 2 amide bonds. The lowest BCUT2D eigenvalue weighted by Gasteiger charge is -2.08. The molecule has 1 heterocycles. The molecule has 9 nitrogen and oxygen atoms in total. The van der Waals surface area contributed by atoms with Gasteiger partial charge in [-0.1, -0.05) is 0 Å². The minimum absolute atomic E-state index is 0.149. The largest absolute Gasteiger partial charge is 0.507 e. The molecule has 0 bridgehead atoms. The van der Waals surface area contributed by atoms with E-state index in [0.717, 1.165) is 6.07 Å². The van der Waals surface area contributed by atoms with E-state index in [2.05, 4.69) is 25.8 Å². The zero-order valence-electron chi connectivity index (χ0n) is 10.1. The van der Waals surface area contributed by atoms with Crippen molar-refractivity contribution < 1.29 is 19.8 Å². The summed E-state index contributed by atoms with van der Waals surface area (Å²) < 4.78 is 0. The van der Waals surface area contributed by atoms with Crippen molar-refractivity contribution >= 4 is 17.7 Å². The van der Waals surface area contributed by atoms with Gasteiger partial charge in [-0.15, -0.1) is 0 Å². The number of nitrogens with one attached hydrogen (secondary N) is 3. The maximum atomic E-state index is 11.6. The molecule has 0 radical (unpaired) electrons. The van der Waals surface area contributed by atoms with E-state index in [1.165, 1.54) is 18.5 Å². The topological polar surface area (TPSA) is 140 Å². The number of carboxylic acids is 1. The van der Waals surface area contributed by atoms with Crippen LogP contribution in [0.5, 0.6) is 5.75 Å². The highest BCUT2D eigenvalue weighted by Gasteiger charge is 2.11. The maximum Gasteiger partial charge on any atom is 0.339 e. The fourth-order valence-electron chi connectivity index (χ4n) is 1.44. The van der Waals surface area contributed by atoms with Crippen LogP contribution in [0.2, 0.25) is 0 Å². The number of aromatic carboxylic acids is 1. The van der Waals surface area contributed by atoms with Crippen molar-refractivity contribution in [1.82, 2.24) is 20.5 Å². The van der Waals surface area contributed by atoms with E-state index in [1.807, 2.05) is 0 Å². The SMILES string of the molecule is O=C(NCc1ncn[nH]1)Nc1ccc(O)c(C(=O)O)c1. The van der Waals surface area contributed by atoms with Crippen LogP contribution in [0.15, 0.2) is 24.5 Å². The number of H-pyrrole nitrogens is 1. The van der Waals surface area contributed by atoms with Gasteiger partial charge in [0.05, 0.1) is 6.54 Å². The molecule has 5 N–H and O–H groups in total. The summed E-state index contributed by atoms with van der Waals surface area (Å²) in [6.07, 6.45) is 1.31. The molecule has 0 atom stereocenters. The summed E-state index contributed by atoms with van der Waals surface area (Å²) in [6.45, 7) is 0.149. The van der Waals surface area contributed by atoms with Gasteiger partial charge in [0.1, 0.15) is 23.5 Å². The number of carboxylic acid groups (broad SMARTS) is 1. The predicted molar refractivity (Wildman–Crippen MR) is 67.3 cm³/mol. The van der Waals surface area contributed by atoms with Gasteiger partial charge in [-0.3, -0.25) is 5.10 Å². The highest BCUT2D eigenvalue weighted by atomic mass is 16.4. The van der Waals surface area contributed by atoms with Crippen LogP contribution in [-0.4, -0.2) is 37.4 Å². The van der Waals surface area contributed by atoms with Gasteiger partial charge >= 0.3 is 12.0 Å². The Bertz CT molecular complexity index is 626. The van der Waals surface area contributed by atoms with E-state index in [9.17, 15) is 14.7 Å². The minimum atomic E-state index is -1.28.